The predicted molar refractivity (Wildman–Crippen MR) is 136 cm³/mol. The van der Waals surface area contributed by atoms with E-state index >= 15 is 0 Å². The van der Waals surface area contributed by atoms with Crippen LogP contribution in [0.5, 0.6) is 0 Å². The minimum atomic E-state index is -0.266. The number of rotatable bonds is 12. The zero-order valence-electron chi connectivity index (χ0n) is 15.3. The first-order valence-corrected chi connectivity index (χ1v) is 12.6. The van der Waals surface area contributed by atoms with Gasteiger partial charge in [0, 0.05) is 56.4 Å². The van der Waals surface area contributed by atoms with Crippen LogP contribution in [0.4, 0.5) is 0 Å². The molecule has 0 aliphatic rings. The van der Waals surface area contributed by atoms with Crippen molar-refractivity contribution in [3.8, 4) is 0 Å². The minimum absolute atomic E-state index is 0.0212. The number of hydrogen-bond donors (Lipinski definition) is 8. The Kier molecular flexibility index (Phi) is 13.5. The number of hydrogen-bond acceptors (Lipinski definition) is 8. The van der Waals surface area contributed by atoms with Gasteiger partial charge in [0.2, 0.25) is 0 Å². The summed E-state index contributed by atoms with van der Waals surface area (Å²) in [6.45, 7) is -0.0848. The molecule has 1 aromatic carbocycles. The second-order valence-electron chi connectivity index (χ2n) is 6.39. The number of aliphatic hydroxyl groups excluding tert-OH is 4. The first-order valence-electron chi connectivity index (χ1n) is 8.96. The molecule has 4 N–H and O–H groups in total. The average molecular weight is 596 g/mol. The molecule has 0 fully saturated rings. The van der Waals surface area contributed by atoms with Crippen LogP contribution in [-0.4, -0.2) is 46.9 Å². The summed E-state index contributed by atoms with van der Waals surface area (Å²) in [5.41, 5.74) is 3.49. The van der Waals surface area contributed by atoms with Crippen LogP contribution in [0.25, 0.3) is 0 Å². The second-order valence-corrected chi connectivity index (χ2v) is 10.5. The number of aliphatic hydroxyl groups is 4. The van der Waals surface area contributed by atoms with Gasteiger partial charge in [-0.25, -0.2) is 0 Å². The van der Waals surface area contributed by atoms with Crippen LogP contribution < -0.4 is 0 Å². The standard InChI is InChI=1S/C18H28Br2O4S4/c19-17-13(9(25)1-5-21)14(10(26)2-6-22)18(20)16(12(28)4-8-24)15(17)11(27)3-7-23/h9-12,21-28H,1-8H2. The third-order valence-corrected chi connectivity index (χ3v) is 8.24. The third-order valence-electron chi connectivity index (χ3n) is 4.47. The van der Waals surface area contributed by atoms with Gasteiger partial charge in [0.15, 0.2) is 0 Å². The molecule has 0 spiro atoms. The summed E-state index contributed by atoms with van der Waals surface area (Å²) in [5.74, 6) is 0. The normalized spacial score (nSPS) is 16.1. The van der Waals surface area contributed by atoms with E-state index in [1.165, 1.54) is 0 Å². The molecular formula is C18H28Br2O4S4. The maximum absolute atomic E-state index is 9.44. The van der Waals surface area contributed by atoms with Crippen molar-refractivity contribution in [3.63, 3.8) is 0 Å². The van der Waals surface area contributed by atoms with E-state index in [1.54, 1.807) is 0 Å². The van der Waals surface area contributed by atoms with Crippen molar-refractivity contribution in [2.24, 2.45) is 0 Å². The molecule has 4 atom stereocenters. The maximum atomic E-state index is 9.44. The number of halogens is 2. The molecule has 0 saturated carbocycles. The monoisotopic (exact) mass is 594 g/mol. The molecule has 1 rings (SSSR count). The summed E-state index contributed by atoms with van der Waals surface area (Å²) in [6.07, 6.45) is 1.77. The summed E-state index contributed by atoms with van der Waals surface area (Å²) in [7, 11) is 0. The largest absolute Gasteiger partial charge is 0.396 e. The fourth-order valence-electron chi connectivity index (χ4n) is 3.13. The molecule has 1 aromatic rings. The van der Waals surface area contributed by atoms with E-state index in [0.29, 0.717) is 25.7 Å². The Labute approximate surface area is 205 Å². The fourth-order valence-corrected chi connectivity index (χ4v) is 7.33. The van der Waals surface area contributed by atoms with E-state index in [2.05, 4.69) is 31.9 Å². The minimum Gasteiger partial charge on any atom is -0.396 e. The molecule has 162 valence electrons. The van der Waals surface area contributed by atoms with Gasteiger partial charge in [-0.3, -0.25) is 0 Å². The van der Waals surface area contributed by atoms with E-state index in [4.69, 9.17) is 50.5 Å². The van der Waals surface area contributed by atoms with Crippen LogP contribution in [0.3, 0.4) is 0 Å². The highest BCUT2D eigenvalue weighted by Gasteiger charge is 2.31. The number of benzene rings is 1. The second kappa shape index (κ2) is 13.8. The molecular weight excluding hydrogens is 568 g/mol. The lowest BCUT2D eigenvalue weighted by Gasteiger charge is -2.31. The van der Waals surface area contributed by atoms with Crippen LogP contribution in [0, 0.1) is 0 Å². The van der Waals surface area contributed by atoms with E-state index in [1.807, 2.05) is 0 Å². The highest BCUT2D eigenvalue weighted by Crippen LogP contribution is 2.51. The van der Waals surface area contributed by atoms with Gasteiger partial charge < -0.3 is 20.4 Å². The van der Waals surface area contributed by atoms with Crippen molar-refractivity contribution in [3.05, 3.63) is 31.2 Å². The lowest BCUT2D eigenvalue weighted by molar-refractivity contribution is 0.283. The smallest absolute Gasteiger partial charge is 0.0444 e. The first kappa shape index (κ1) is 27.5. The molecule has 0 aromatic heterocycles. The van der Waals surface area contributed by atoms with Crippen molar-refractivity contribution in [1.29, 1.82) is 0 Å². The molecule has 0 saturated heterocycles. The van der Waals surface area contributed by atoms with Crippen LogP contribution in [0.1, 0.15) is 68.9 Å². The van der Waals surface area contributed by atoms with E-state index < -0.39 is 0 Å². The maximum Gasteiger partial charge on any atom is 0.0444 e. The van der Waals surface area contributed by atoms with Crippen molar-refractivity contribution in [2.45, 2.75) is 46.7 Å². The van der Waals surface area contributed by atoms with Gasteiger partial charge in [-0.2, -0.15) is 50.5 Å². The summed E-state index contributed by atoms with van der Waals surface area (Å²) in [6, 6.07) is 0. The molecule has 0 bridgehead atoms. The van der Waals surface area contributed by atoms with Gasteiger partial charge in [-0.05, 0) is 47.9 Å². The molecule has 0 heterocycles. The zero-order chi connectivity index (χ0) is 21.4. The van der Waals surface area contributed by atoms with Crippen LogP contribution in [0.15, 0.2) is 8.95 Å². The molecule has 0 radical (unpaired) electrons. The Morgan fingerprint density at radius 3 is 0.821 bits per heavy atom. The van der Waals surface area contributed by atoms with Crippen LogP contribution >= 0.6 is 82.4 Å². The predicted octanol–water partition coefficient (Wildman–Crippen LogP) is 4.62. The summed E-state index contributed by atoms with van der Waals surface area (Å²) in [5, 5.41) is 36.7. The van der Waals surface area contributed by atoms with Gasteiger partial charge in [0.05, 0.1) is 0 Å². The molecule has 28 heavy (non-hydrogen) atoms. The molecule has 10 heteroatoms. The topological polar surface area (TPSA) is 80.9 Å². The Morgan fingerprint density at radius 1 is 0.500 bits per heavy atom. The highest BCUT2D eigenvalue weighted by molar-refractivity contribution is 9.11. The molecule has 0 amide bonds. The van der Waals surface area contributed by atoms with Crippen molar-refractivity contribution < 1.29 is 20.4 Å². The molecule has 4 nitrogen and oxygen atoms in total. The highest BCUT2D eigenvalue weighted by atomic mass is 79.9. The van der Waals surface area contributed by atoms with Crippen molar-refractivity contribution in [2.75, 3.05) is 26.4 Å². The van der Waals surface area contributed by atoms with E-state index in [0.717, 1.165) is 31.2 Å². The zero-order valence-corrected chi connectivity index (χ0v) is 22.0. The van der Waals surface area contributed by atoms with Gasteiger partial charge in [-0.1, -0.05) is 31.9 Å². The van der Waals surface area contributed by atoms with Gasteiger partial charge >= 0.3 is 0 Å². The molecule has 0 aliphatic heterocycles. The number of thiol groups is 4. The Morgan fingerprint density at radius 2 is 0.679 bits per heavy atom. The van der Waals surface area contributed by atoms with Gasteiger partial charge in [0.1, 0.15) is 0 Å². The van der Waals surface area contributed by atoms with Crippen molar-refractivity contribution >= 4 is 82.4 Å². The van der Waals surface area contributed by atoms with Gasteiger partial charge in [-0.15, -0.1) is 0 Å². The Bertz CT molecular complexity index is 534. The average Bonchev–Trinajstić information content (AvgIpc) is 2.62. The van der Waals surface area contributed by atoms with Crippen molar-refractivity contribution in [1.82, 2.24) is 0 Å². The van der Waals surface area contributed by atoms with E-state index in [-0.39, 0.29) is 47.4 Å². The van der Waals surface area contributed by atoms with E-state index in [9.17, 15) is 20.4 Å². The lowest BCUT2D eigenvalue weighted by atomic mass is 9.88. The third kappa shape index (κ3) is 6.71. The summed E-state index contributed by atoms with van der Waals surface area (Å²) in [4.78, 5) is 0. The summed E-state index contributed by atoms with van der Waals surface area (Å²) >= 11 is 26.3. The Hall–Kier alpha value is 1.42. The molecule has 0 aliphatic carbocycles. The van der Waals surface area contributed by atoms with Gasteiger partial charge in [0.25, 0.3) is 0 Å². The van der Waals surface area contributed by atoms with Crippen LogP contribution in [0.2, 0.25) is 0 Å². The fraction of sp³-hybridized carbons (Fsp3) is 0.667. The SMILES string of the molecule is OCCC(S)c1c(Br)c(C(S)CCO)c(C(S)CCO)c(Br)c1C(S)CCO. The molecule has 4 unspecified atom stereocenters. The first-order chi connectivity index (χ1) is 13.3. The lowest BCUT2D eigenvalue weighted by Crippen LogP contribution is -2.14. The van der Waals surface area contributed by atoms with Crippen LogP contribution in [-0.2, 0) is 0 Å². The Balaban J connectivity index is 3.87. The summed E-state index contributed by atoms with van der Waals surface area (Å²) < 4.78 is 1.58. The quantitative estimate of drug-likeness (QED) is 0.170.